The highest BCUT2D eigenvalue weighted by Crippen LogP contribution is 2.37. The van der Waals surface area contributed by atoms with Crippen LogP contribution in [0.15, 0.2) is 42.5 Å². The van der Waals surface area contributed by atoms with Gasteiger partial charge in [0.05, 0.1) is 0 Å². The van der Waals surface area contributed by atoms with Crippen molar-refractivity contribution in [2.24, 2.45) is 0 Å². The topological polar surface area (TPSA) is 47.8 Å². The van der Waals surface area contributed by atoms with Crippen molar-refractivity contribution in [3.8, 4) is 0 Å². The third kappa shape index (κ3) is 4.65. The highest BCUT2D eigenvalue weighted by atomic mass is 19.4. The lowest BCUT2D eigenvalue weighted by Crippen LogP contribution is -2.20. The Morgan fingerprint density at radius 1 is 1.10 bits per heavy atom. The Kier molecular flexibility index (Phi) is 6.12. The van der Waals surface area contributed by atoms with Gasteiger partial charge in [-0.05, 0) is 49.8 Å². The molecule has 1 fully saturated rings. The predicted octanol–water partition coefficient (Wildman–Crippen LogP) is 6.26. The minimum absolute atomic E-state index is 0.134. The molecule has 1 unspecified atom stereocenters. The number of Topliss-reactive ketones (excluding diaryl/α,β-unsaturated/α-hetero) is 1. The zero-order chi connectivity index (χ0) is 22.0. The molecule has 31 heavy (non-hydrogen) atoms. The van der Waals surface area contributed by atoms with Gasteiger partial charge in [-0.25, -0.2) is 9.97 Å². The molecular weight excluding hydrogens is 403 g/mol. The number of carbonyl (C=O) groups is 1. The van der Waals surface area contributed by atoms with Gasteiger partial charge in [-0.15, -0.1) is 0 Å². The summed E-state index contributed by atoms with van der Waals surface area (Å²) in [5.41, 5.74) is 0.963. The Bertz CT molecular complexity index is 1060. The summed E-state index contributed by atoms with van der Waals surface area (Å²) in [6.07, 6.45) is 1.05. The van der Waals surface area contributed by atoms with Crippen LogP contribution >= 0.6 is 0 Å². The second-order valence-corrected chi connectivity index (χ2v) is 8.33. The molecule has 0 N–H and O–H groups in total. The molecule has 1 saturated carbocycles. The first-order chi connectivity index (χ1) is 14.8. The Balaban J connectivity index is 1.44. The first-order valence-corrected chi connectivity index (χ1v) is 10.9. The zero-order valence-corrected chi connectivity index (χ0v) is 17.5. The molecule has 1 atom stereocenters. The van der Waals surface area contributed by atoms with E-state index in [2.05, 4.69) is 9.97 Å². The standard InChI is InChI=1S/C24H26F3N3O/c1-16(17-8-3-2-4-9-17)20(31)12-5-6-13-22-28-19-14-15-21(24(25,26)27)29-23(19)30(22)18-10-7-11-18/h2-4,8-9,14-16,18H,5-7,10-13H2,1H3. The third-order valence-corrected chi connectivity index (χ3v) is 6.20. The fourth-order valence-electron chi connectivity index (χ4n) is 4.11. The molecule has 0 spiro atoms. The monoisotopic (exact) mass is 429 g/mol. The molecule has 2 heterocycles. The summed E-state index contributed by atoms with van der Waals surface area (Å²) >= 11 is 0. The molecule has 2 aromatic heterocycles. The van der Waals surface area contributed by atoms with Crippen LogP contribution in [0.25, 0.3) is 11.2 Å². The maximum absolute atomic E-state index is 13.1. The van der Waals surface area contributed by atoms with E-state index < -0.39 is 11.9 Å². The van der Waals surface area contributed by atoms with Crippen molar-refractivity contribution in [2.75, 3.05) is 0 Å². The van der Waals surface area contributed by atoms with Crippen LogP contribution in [0.3, 0.4) is 0 Å². The number of aromatic nitrogens is 3. The maximum Gasteiger partial charge on any atom is 0.433 e. The number of unbranched alkanes of at least 4 members (excludes halogenated alkanes) is 1. The smallest absolute Gasteiger partial charge is 0.310 e. The number of ketones is 1. The molecule has 0 amide bonds. The number of pyridine rings is 1. The molecule has 164 valence electrons. The zero-order valence-electron chi connectivity index (χ0n) is 17.5. The first kappa shape index (κ1) is 21.5. The van der Waals surface area contributed by atoms with Crippen LogP contribution in [0.4, 0.5) is 13.2 Å². The summed E-state index contributed by atoms with van der Waals surface area (Å²) < 4.78 is 41.3. The number of alkyl halides is 3. The molecular formula is C24H26F3N3O. The van der Waals surface area contributed by atoms with Crippen molar-refractivity contribution >= 4 is 16.9 Å². The molecule has 4 rings (SSSR count). The SMILES string of the molecule is CC(C(=O)CCCCc1nc2ccc(C(F)(F)F)nc2n1C1CCC1)c1ccccc1. The van der Waals surface area contributed by atoms with Gasteiger partial charge >= 0.3 is 6.18 Å². The summed E-state index contributed by atoms with van der Waals surface area (Å²) in [6, 6.07) is 12.3. The Labute approximate surface area is 179 Å². The molecule has 1 aliphatic carbocycles. The number of hydrogen-bond donors (Lipinski definition) is 0. The number of imidazole rings is 1. The quantitative estimate of drug-likeness (QED) is 0.397. The summed E-state index contributed by atoms with van der Waals surface area (Å²) in [4.78, 5) is 21.0. The molecule has 0 aliphatic heterocycles. The number of fused-ring (bicyclic) bond motifs is 1. The highest BCUT2D eigenvalue weighted by molar-refractivity contribution is 5.85. The molecule has 3 aromatic rings. The van der Waals surface area contributed by atoms with E-state index in [4.69, 9.17) is 0 Å². The maximum atomic E-state index is 13.1. The third-order valence-electron chi connectivity index (χ3n) is 6.20. The van der Waals surface area contributed by atoms with Gasteiger partial charge in [-0.1, -0.05) is 37.3 Å². The summed E-state index contributed by atoms with van der Waals surface area (Å²) in [6.45, 7) is 1.93. The molecule has 0 radical (unpaired) electrons. The Morgan fingerprint density at radius 3 is 2.48 bits per heavy atom. The summed E-state index contributed by atoms with van der Waals surface area (Å²) in [5.74, 6) is 0.844. The van der Waals surface area contributed by atoms with Gasteiger partial charge in [-0.3, -0.25) is 4.79 Å². The minimum Gasteiger partial charge on any atom is -0.310 e. The van der Waals surface area contributed by atoms with Crippen molar-refractivity contribution in [1.82, 2.24) is 14.5 Å². The average Bonchev–Trinajstić information content (AvgIpc) is 3.06. The van der Waals surface area contributed by atoms with Crippen molar-refractivity contribution in [2.45, 2.75) is 70.0 Å². The number of halogens is 3. The van der Waals surface area contributed by atoms with Crippen LogP contribution in [0.5, 0.6) is 0 Å². The van der Waals surface area contributed by atoms with Gasteiger partial charge in [0.15, 0.2) is 5.65 Å². The largest absolute Gasteiger partial charge is 0.433 e. The van der Waals surface area contributed by atoms with Crippen LogP contribution in [-0.4, -0.2) is 20.3 Å². The van der Waals surface area contributed by atoms with E-state index in [0.717, 1.165) is 49.6 Å². The number of hydrogen-bond acceptors (Lipinski definition) is 3. The van der Waals surface area contributed by atoms with E-state index in [-0.39, 0.29) is 17.7 Å². The van der Waals surface area contributed by atoms with E-state index >= 15 is 0 Å². The lowest BCUT2D eigenvalue weighted by Gasteiger charge is -2.28. The van der Waals surface area contributed by atoms with Crippen molar-refractivity contribution in [3.05, 3.63) is 59.5 Å². The Hall–Kier alpha value is -2.70. The number of carbonyl (C=O) groups excluding carboxylic acids is 1. The lowest BCUT2D eigenvalue weighted by molar-refractivity contribution is -0.141. The normalized spacial score (nSPS) is 15.7. The van der Waals surface area contributed by atoms with Crippen molar-refractivity contribution in [3.63, 3.8) is 0 Å². The molecule has 4 nitrogen and oxygen atoms in total. The minimum atomic E-state index is -4.47. The van der Waals surface area contributed by atoms with E-state index in [1.807, 2.05) is 41.8 Å². The lowest BCUT2D eigenvalue weighted by atomic mass is 9.92. The molecule has 1 aliphatic rings. The summed E-state index contributed by atoms with van der Waals surface area (Å²) in [5, 5.41) is 0. The van der Waals surface area contributed by atoms with Gasteiger partial charge in [-0.2, -0.15) is 13.2 Å². The average molecular weight is 429 g/mol. The van der Waals surface area contributed by atoms with Crippen LogP contribution in [0.2, 0.25) is 0 Å². The van der Waals surface area contributed by atoms with Gasteiger partial charge in [0.1, 0.15) is 22.8 Å². The molecule has 1 aromatic carbocycles. The highest BCUT2D eigenvalue weighted by Gasteiger charge is 2.34. The number of nitrogens with zero attached hydrogens (tertiary/aromatic N) is 3. The predicted molar refractivity (Wildman–Crippen MR) is 113 cm³/mol. The van der Waals surface area contributed by atoms with Gasteiger partial charge in [0.25, 0.3) is 0 Å². The van der Waals surface area contributed by atoms with E-state index in [9.17, 15) is 18.0 Å². The number of benzene rings is 1. The van der Waals surface area contributed by atoms with E-state index in [1.54, 1.807) is 0 Å². The Morgan fingerprint density at radius 2 is 1.84 bits per heavy atom. The van der Waals surface area contributed by atoms with Gasteiger partial charge < -0.3 is 4.57 Å². The fourth-order valence-corrected chi connectivity index (χ4v) is 4.11. The van der Waals surface area contributed by atoms with Gasteiger partial charge in [0.2, 0.25) is 0 Å². The van der Waals surface area contributed by atoms with Crippen molar-refractivity contribution in [1.29, 1.82) is 0 Å². The van der Waals surface area contributed by atoms with E-state index in [1.165, 1.54) is 6.07 Å². The van der Waals surface area contributed by atoms with Crippen molar-refractivity contribution < 1.29 is 18.0 Å². The van der Waals surface area contributed by atoms with E-state index in [0.29, 0.717) is 24.0 Å². The second kappa shape index (κ2) is 8.81. The second-order valence-electron chi connectivity index (χ2n) is 8.33. The van der Waals surface area contributed by atoms with Gasteiger partial charge in [0, 0.05) is 24.8 Å². The molecule has 7 heteroatoms. The van der Waals surface area contributed by atoms with Crippen LogP contribution in [-0.2, 0) is 17.4 Å². The summed E-state index contributed by atoms with van der Waals surface area (Å²) in [7, 11) is 0. The fraction of sp³-hybridized carbons (Fsp3) is 0.458. The van der Waals surface area contributed by atoms with Crippen LogP contribution in [0, 0.1) is 0 Å². The number of rotatable bonds is 8. The van der Waals surface area contributed by atoms with Crippen LogP contribution < -0.4 is 0 Å². The first-order valence-electron chi connectivity index (χ1n) is 10.9. The van der Waals surface area contributed by atoms with Crippen LogP contribution in [0.1, 0.15) is 74.5 Å². The number of aryl methyl sites for hydroxylation is 1. The molecule has 0 saturated heterocycles. The molecule has 0 bridgehead atoms.